The molecular weight excluding hydrogens is 210 g/mol. The largest absolute Gasteiger partial charge is 0.313 e. The van der Waals surface area contributed by atoms with Gasteiger partial charge in [0.1, 0.15) is 0 Å². The van der Waals surface area contributed by atoms with E-state index in [9.17, 15) is 0 Å². The van der Waals surface area contributed by atoms with E-state index in [-0.39, 0.29) is 0 Å². The lowest BCUT2D eigenvalue weighted by Gasteiger charge is -2.41. The van der Waals surface area contributed by atoms with Gasteiger partial charge in [-0.1, -0.05) is 13.8 Å². The molecule has 2 rings (SSSR count). The van der Waals surface area contributed by atoms with Gasteiger partial charge in [0.05, 0.1) is 0 Å². The standard InChI is InChI=1S/C14H29N3/c1-12-9-17(8-7-16(12)4)11-14(2,3)10-15-13-5-6-13/h12-13,15H,5-11H2,1-4H3. The summed E-state index contributed by atoms with van der Waals surface area (Å²) >= 11 is 0. The van der Waals surface area contributed by atoms with Gasteiger partial charge in [0.2, 0.25) is 0 Å². The summed E-state index contributed by atoms with van der Waals surface area (Å²) in [6, 6.07) is 1.54. The lowest BCUT2D eigenvalue weighted by Crippen LogP contribution is -2.53. The van der Waals surface area contributed by atoms with Crippen molar-refractivity contribution in [2.75, 3.05) is 39.8 Å². The molecule has 0 amide bonds. The van der Waals surface area contributed by atoms with Gasteiger partial charge in [-0.3, -0.25) is 4.90 Å². The van der Waals surface area contributed by atoms with E-state index in [2.05, 4.69) is 42.9 Å². The van der Waals surface area contributed by atoms with Crippen molar-refractivity contribution in [2.24, 2.45) is 5.41 Å². The van der Waals surface area contributed by atoms with Gasteiger partial charge >= 0.3 is 0 Å². The molecule has 0 aromatic rings. The van der Waals surface area contributed by atoms with Gasteiger partial charge in [-0.2, -0.15) is 0 Å². The predicted octanol–water partition coefficient (Wildman–Crippen LogP) is 1.40. The minimum Gasteiger partial charge on any atom is -0.313 e. The van der Waals surface area contributed by atoms with Crippen LogP contribution in [0.15, 0.2) is 0 Å². The van der Waals surface area contributed by atoms with Crippen LogP contribution in [0, 0.1) is 5.41 Å². The summed E-state index contributed by atoms with van der Waals surface area (Å²) in [6.07, 6.45) is 2.78. The van der Waals surface area contributed by atoms with Crippen molar-refractivity contribution < 1.29 is 0 Å². The molecule has 1 heterocycles. The number of likely N-dealkylation sites (N-methyl/N-ethyl adjacent to an activating group) is 1. The summed E-state index contributed by atoms with van der Waals surface area (Å²) in [5.74, 6) is 0. The summed E-state index contributed by atoms with van der Waals surface area (Å²) in [4.78, 5) is 5.10. The first-order valence-corrected chi connectivity index (χ1v) is 7.12. The van der Waals surface area contributed by atoms with Crippen LogP contribution in [0.25, 0.3) is 0 Å². The summed E-state index contributed by atoms with van der Waals surface area (Å²) in [5.41, 5.74) is 0.401. The number of nitrogens with zero attached hydrogens (tertiary/aromatic N) is 2. The zero-order valence-electron chi connectivity index (χ0n) is 12.0. The van der Waals surface area contributed by atoms with Crippen molar-refractivity contribution in [1.29, 1.82) is 0 Å². The molecule has 100 valence electrons. The molecule has 0 aromatic heterocycles. The Labute approximate surface area is 107 Å². The number of rotatable bonds is 5. The number of piperazine rings is 1. The van der Waals surface area contributed by atoms with Gasteiger partial charge in [-0.05, 0) is 32.2 Å². The smallest absolute Gasteiger partial charge is 0.0192 e. The summed E-state index contributed by atoms with van der Waals surface area (Å²) < 4.78 is 0. The lowest BCUT2D eigenvalue weighted by molar-refractivity contribution is 0.0745. The SMILES string of the molecule is CC1CN(CC(C)(C)CNC2CC2)CCN1C. The topological polar surface area (TPSA) is 18.5 Å². The zero-order chi connectivity index (χ0) is 12.5. The molecule has 1 saturated carbocycles. The van der Waals surface area contributed by atoms with E-state index in [1.807, 2.05) is 0 Å². The summed E-state index contributed by atoms with van der Waals surface area (Å²) in [5, 5.41) is 3.67. The zero-order valence-corrected chi connectivity index (χ0v) is 12.0. The van der Waals surface area contributed by atoms with Crippen LogP contribution >= 0.6 is 0 Å². The van der Waals surface area contributed by atoms with E-state index in [4.69, 9.17) is 0 Å². The Morgan fingerprint density at radius 1 is 1.24 bits per heavy atom. The highest BCUT2D eigenvalue weighted by Crippen LogP contribution is 2.23. The number of hydrogen-bond donors (Lipinski definition) is 1. The quantitative estimate of drug-likeness (QED) is 0.782. The first-order chi connectivity index (χ1) is 7.96. The van der Waals surface area contributed by atoms with Crippen LogP contribution in [-0.4, -0.2) is 61.7 Å². The monoisotopic (exact) mass is 239 g/mol. The summed E-state index contributed by atoms with van der Waals surface area (Å²) in [7, 11) is 2.24. The van der Waals surface area contributed by atoms with Crippen LogP contribution in [0.2, 0.25) is 0 Å². The highest BCUT2D eigenvalue weighted by atomic mass is 15.3. The molecule has 1 N–H and O–H groups in total. The second-order valence-electron chi connectivity index (χ2n) is 6.88. The highest BCUT2D eigenvalue weighted by molar-refractivity contribution is 4.87. The van der Waals surface area contributed by atoms with Crippen LogP contribution in [-0.2, 0) is 0 Å². The van der Waals surface area contributed by atoms with Crippen molar-refractivity contribution in [3.05, 3.63) is 0 Å². The third-order valence-electron chi connectivity index (χ3n) is 4.14. The van der Waals surface area contributed by atoms with Crippen LogP contribution in [0.5, 0.6) is 0 Å². The Morgan fingerprint density at radius 2 is 1.94 bits per heavy atom. The van der Waals surface area contributed by atoms with Crippen molar-refractivity contribution in [3.8, 4) is 0 Å². The minimum absolute atomic E-state index is 0.401. The molecule has 1 aliphatic heterocycles. The van der Waals surface area contributed by atoms with Gasteiger partial charge in [-0.15, -0.1) is 0 Å². The molecule has 0 aromatic carbocycles. The third-order valence-corrected chi connectivity index (χ3v) is 4.14. The van der Waals surface area contributed by atoms with Gasteiger partial charge in [0, 0.05) is 44.8 Å². The molecule has 0 radical (unpaired) electrons. The van der Waals surface area contributed by atoms with E-state index in [1.54, 1.807) is 0 Å². The van der Waals surface area contributed by atoms with Crippen molar-refractivity contribution in [1.82, 2.24) is 15.1 Å². The molecule has 0 spiro atoms. The lowest BCUT2D eigenvalue weighted by atomic mass is 9.92. The molecule has 17 heavy (non-hydrogen) atoms. The van der Waals surface area contributed by atoms with E-state index in [0.717, 1.165) is 6.04 Å². The molecule has 1 atom stereocenters. The van der Waals surface area contributed by atoms with Crippen molar-refractivity contribution in [3.63, 3.8) is 0 Å². The third kappa shape index (κ3) is 4.23. The van der Waals surface area contributed by atoms with E-state index < -0.39 is 0 Å². The van der Waals surface area contributed by atoms with Crippen LogP contribution in [0.1, 0.15) is 33.6 Å². The Kier molecular flexibility index (Phi) is 4.11. The number of hydrogen-bond acceptors (Lipinski definition) is 3. The molecule has 3 heteroatoms. The van der Waals surface area contributed by atoms with Crippen LogP contribution < -0.4 is 5.32 Å². The average molecular weight is 239 g/mol. The molecule has 2 fully saturated rings. The fraction of sp³-hybridized carbons (Fsp3) is 1.00. The van der Waals surface area contributed by atoms with Gasteiger partial charge < -0.3 is 10.2 Å². The van der Waals surface area contributed by atoms with Gasteiger partial charge in [0.25, 0.3) is 0 Å². The minimum atomic E-state index is 0.401. The predicted molar refractivity (Wildman–Crippen MR) is 73.3 cm³/mol. The van der Waals surface area contributed by atoms with Crippen molar-refractivity contribution in [2.45, 2.75) is 45.7 Å². The Hall–Kier alpha value is -0.120. The van der Waals surface area contributed by atoms with E-state index in [1.165, 1.54) is 45.6 Å². The average Bonchev–Trinajstić information content (AvgIpc) is 3.04. The van der Waals surface area contributed by atoms with E-state index in [0.29, 0.717) is 11.5 Å². The maximum atomic E-state index is 3.67. The van der Waals surface area contributed by atoms with E-state index >= 15 is 0 Å². The molecule has 1 aliphatic carbocycles. The second-order valence-corrected chi connectivity index (χ2v) is 6.88. The molecular formula is C14H29N3. The Balaban J connectivity index is 1.74. The fourth-order valence-electron chi connectivity index (χ4n) is 2.64. The number of nitrogens with one attached hydrogen (secondary N) is 1. The molecule has 1 unspecified atom stereocenters. The van der Waals surface area contributed by atoms with Gasteiger partial charge in [-0.25, -0.2) is 0 Å². The molecule has 3 nitrogen and oxygen atoms in total. The van der Waals surface area contributed by atoms with Crippen LogP contribution in [0.4, 0.5) is 0 Å². The highest BCUT2D eigenvalue weighted by Gasteiger charge is 2.29. The second kappa shape index (κ2) is 5.25. The van der Waals surface area contributed by atoms with Gasteiger partial charge in [0.15, 0.2) is 0 Å². The van der Waals surface area contributed by atoms with Crippen molar-refractivity contribution >= 4 is 0 Å². The molecule has 1 saturated heterocycles. The molecule has 2 aliphatic rings. The normalized spacial score (nSPS) is 28.6. The first-order valence-electron chi connectivity index (χ1n) is 7.12. The molecule has 0 bridgehead atoms. The van der Waals surface area contributed by atoms with Crippen LogP contribution in [0.3, 0.4) is 0 Å². The first kappa shape index (κ1) is 13.3. The maximum absolute atomic E-state index is 3.67. The maximum Gasteiger partial charge on any atom is 0.0192 e. The Bertz CT molecular complexity index is 248. The Morgan fingerprint density at radius 3 is 2.53 bits per heavy atom. The summed E-state index contributed by atoms with van der Waals surface area (Å²) in [6.45, 7) is 13.2. The fourth-order valence-corrected chi connectivity index (χ4v) is 2.64.